The van der Waals surface area contributed by atoms with E-state index in [9.17, 15) is 14.0 Å². The number of carbonyl (C=O) groups is 2. The number of hydrogen-bond acceptors (Lipinski definition) is 5. The van der Waals surface area contributed by atoms with Crippen LogP contribution < -0.4 is 5.32 Å². The molecule has 0 bridgehead atoms. The van der Waals surface area contributed by atoms with Gasteiger partial charge in [0.25, 0.3) is 0 Å². The molecule has 1 atom stereocenters. The number of piperidine rings is 1. The van der Waals surface area contributed by atoms with Gasteiger partial charge in [0.2, 0.25) is 11.8 Å². The van der Waals surface area contributed by atoms with Crippen LogP contribution in [0.1, 0.15) is 18.4 Å². The van der Waals surface area contributed by atoms with Gasteiger partial charge in [-0.25, -0.2) is 4.39 Å². The lowest BCUT2D eigenvalue weighted by atomic mass is 9.96. The number of rotatable bonds is 7. The number of nitrogens with one attached hydrogen (secondary N) is 2. The number of aromatic nitrogens is 3. The van der Waals surface area contributed by atoms with Gasteiger partial charge >= 0.3 is 0 Å². The van der Waals surface area contributed by atoms with Gasteiger partial charge in [-0.05, 0) is 24.1 Å². The number of likely N-dealkylation sites (tertiary alicyclic amines) is 1. The van der Waals surface area contributed by atoms with Gasteiger partial charge in [-0.2, -0.15) is 10.3 Å². The number of halogens is 1. The molecule has 0 saturated carbocycles. The summed E-state index contributed by atoms with van der Waals surface area (Å²) >= 11 is 1.50. The van der Waals surface area contributed by atoms with Gasteiger partial charge in [0.15, 0.2) is 0 Å². The van der Waals surface area contributed by atoms with Crippen LogP contribution in [-0.4, -0.2) is 51.0 Å². The molecule has 1 aromatic carbocycles. The third-order valence-electron chi connectivity index (χ3n) is 4.18. The summed E-state index contributed by atoms with van der Waals surface area (Å²) in [6.45, 7) is 1.20. The van der Waals surface area contributed by atoms with Crippen molar-refractivity contribution in [3.8, 4) is 0 Å². The van der Waals surface area contributed by atoms with Crippen LogP contribution in [0.5, 0.6) is 0 Å². The highest BCUT2D eigenvalue weighted by Gasteiger charge is 2.30. The van der Waals surface area contributed by atoms with Crippen LogP contribution in [0.15, 0.2) is 35.5 Å². The minimum atomic E-state index is -0.328. The van der Waals surface area contributed by atoms with Gasteiger partial charge in [0.05, 0.1) is 12.1 Å². The molecule has 26 heavy (non-hydrogen) atoms. The van der Waals surface area contributed by atoms with Crippen LogP contribution in [0.4, 0.5) is 4.39 Å². The summed E-state index contributed by atoms with van der Waals surface area (Å²) < 4.78 is 13.3. The Morgan fingerprint density at radius 1 is 1.46 bits per heavy atom. The number of H-pyrrole nitrogens is 1. The van der Waals surface area contributed by atoms with Gasteiger partial charge in [-0.1, -0.05) is 12.1 Å². The molecule has 0 spiro atoms. The van der Waals surface area contributed by atoms with Crippen molar-refractivity contribution in [1.29, 1.82) is 0 Å². The molecule has 0 aliphatic carbocycles. The van der Waals surface area contributed by atoms with Crippen LogP contribution in [0.25, 0.3) is 0 Å². The molecular weight excluding hydrogens is 357 g/mol. The summed E-state index contributed by atoms with van der Waals surface area (Å²) in [5.41, 5.74) is 0.725. The quantitative estimate of drug-likeness (QED) is 0.565. The first-order valence-electron chi connectivity index (χ1n) is 8.40. The Bertz CT molecular complexity index is 755. The Morgan fingerprint density at radius 3 is 3.12 bits per heavy atom. The molecule has 2 amide bonds. The highest BCUT2D eigenvalue weighted by molar-refractivity contribution is 7.99. The normalized spacial score (nSPS) is 17.3. The maximum atomic E-state index is 13.3. The van der Waals surface area contributed by atoms with Crippen LogP contribution in [0, 0.1) is 11.7 Å². The zero-order valence-corrected chi connectivity index (χ0v) is 15.0. The maximum absolute atomic E-state index is 13.3. The van der Waals surface area contributed by atoms with E-state index in [1.165, 1.54) is 23.9 Å². The molecular formula is C17H20FN5O2S. The Labute approximate surface area is 154 Å². The summed E-state index contributed by atoms with van der Waals surface area (Å²) in [5, 5.41) is 13.9. The molecule has 9 heteroatoms. The second-order valence-electron chi connectivity index (χ2n) is 6.09. The largest absolute Gasteiger partial charge is 0.355 e. The SMILES string of the molecule is O=C(NCCSc1cn[nH]n1)[C@@H]1CCC(=O)N(Cc2cccc(F)c2)C1. The highest BCUT2D eigenvalue weighted by atomic mass is 32.2. The fraction of sp³-hybridized carbons (Fsp3) is 0.412. The number of thioether (sulfide) groups is 1. The van der Waals surface area contributed by atoms with Crippen LogP contribution >= 0.6 is 11.8 Å². The van der Waals surface area contributed by atoms with E-state index in [0.717, 1.165) is 10.6 Å². The third-order valence-corrected chi connectivity index (χ3v) is 5.08. The predicted octanol–water partition coefficient (Wildman–Crippen LogP) is 1.59. The maximum Gasteiger partial charge on any atom is 0.224 e. The van der Waals surface area contributed by atoms with Crippen molar-refractivity contribution < 1.29 is 14.0 Å². The number of amides is 2. The van der Waals surface area contributed by atoms with E-state index in [4.69, 9.17) is 0 Å². The van der Waals surface area contributed by atoms with E-state index >= 15 is 0 Å². The zero-order chi connectivity index (χ0) is 18.4. The number of nitrogens with zero attached hydrogens (tertiary/aromatic N) is 3. The standard InChI is InChI=1S/C17H20FN5O2S/c18-14-3-1-2-12(8-14)10-23-11-13(4-5-16(23)24)17(25)19-6-7-26-15-9-20-22-21-15/h1-3,8-9,13H,4-7,10-11H2,(H,19,25)(H,20,21,22)/t13-/m1/s1. The minimum Gasteiger partial charge on any atom is -0.355 e. The predicted molar refractivity (Wildman–Crippen MR) is 94.7 cm³/mol. The Hall–Kier alpha value is -2.42. The van der Waals surface area contributed by atoms with Crippen molar-refractivity contribution in [2.24, 2.45) is 5.92 Å². The molecule has 7 nitrogen and oxygen atoms in total. The van der Waals surface area contributed by atoms with E-state index < -0.39 is 0 Å². The molecule has 0 unspecified atom stereocenters. The van der Waals surface area contributed by atoms with E-state index in [0.29, 0.717) is 38.2 Å². The van der Waals surface area contributed by atoms with Crippen molar-refractivity contribution in [3.05, 3.63) is 41.8 Å². The Morgan fingerprint density at radius 2 is 2.35 bits per heavy atom. The third kappa shape index (κ3) is 5.04. The van der Waals surface area contributed by atoms with Gasteiger partial charge in [0.1, 0.15) is 10.8 Å². The van der Waals surface area contributed by atoms with Crippen molar-refractivity contribution in [1.82, 2.24) is 25.6 Å². The monoisotopic (exact) mass is 377 g/mol. The van der Waals surface area contributed by atoms with Crippen molar-refractivity contribution >= 4 is 23.6 Å². The summed E-state index contributed by atoms with van der Waals surface area (Å²) in [6, 6.07) is 6.18. The summed E-state index contributed by atoms with van der Waals surface area (Å²) in [4.78, 5) is 26.1. The Kier molecular flexibility index (Phi) is 6.21. The molecule has 1 aromatic heterocycles. The molecule has 1 aliphatic rings. The van der Waals surface area contributed by atoms with Gasteiger partial charge < -0.3 is 10.2 Å². The fourth-order valence-electron chi connectivity index (χ4n) is 2.87. The average Bonchev–Trinajstić information content (AvgIpc) is 3.14. The second kappa shape index (κ2) is 8.79. The topological polar surface area (TPSA) is 91.0 Å². The second-order valence-corrected chi connectivity index (χ2v) is 7.20. The summed E-state index contributed by atoms with van der Waals surface area (Å²) in [5.74, 6) is 0.0725. The van der Waals surface area contributed by atoms with Crippen LogP contribution in [-0.2, 0) is 16.1 Å². The molecule has 2 N–H and O–H groups in total. The van der Waals surface area contributed by atoms with E-state index in [2.05, 4.69) is 20.7 Å². The van der Waals surface area contributed by atoms with Crippen LogP contribution in [0.2, 0.25) is 0 Å². The van der Waals surface area contributed by atoms with E-state index in [1.807, 2.05) is 0 Å². The molecule has 1 saturated heterocycles. The highest BCUT2D eigenvalue weighted by Crippen LogP contribution is 2.20. The number of benzene rings is 1. The van der Waals surface area contributed by atoms with Crippen molar-refractivity contribution in [2.45, 2.75) is 24.4 Å². The van der Waals surface area contributed by atoms with E-state index in [1.54, 1.807) is 23.2 Å². The first kappa shape index (κ1) is 18.4. The number of aromatic amines is 1. The fourth-order valence-corrected chi connectivity index (χ4v) is 3.52. The van der Waals surface area contributed by atoms with Gasteiger partial charge in [0, 0.05) is 31.8 Å². The summed E-state index contributed by atoms with van der Waals surface area (Å²) in [7, 11) is 0. The van der Waals surface area contributed by atoms with Gasteiger partial charge in [-0.3, -0.25) is 9.59 Å². The lowest BCUT2D eigenvalue weighted by molar-refractivity contribution is -0.138. The first-order valence-corrected chi connectivity index (χ1v) is 9.39. The molecule has 138 valence electrons. The molecule has 1 fully saturated rings. The molecule has 1 aliphatic heterocycles. The van der Waals surface area contributed by atoms with Crippen molar-refractivity contribution in [2.75, 3.05) is 18.8 Å². The van der Waals surface area contributed by atoms with Crippen LogP contribution in [0.3, 0.4) is 0 Å². The summed E-state index contributed by atoms with van der Waals surface area (Å²) in [6.07, 6.45) is 2.51. The molecule has 2 aromatic rings. The number of hydrogen-bond donors (Lipinski definition) is 2. The average molecular weight is 377 g/mol. The smallest absolute Gasteiger partial charge is 0.224 e. The molecule has 0 radical (unpaired) electrons. The number of carbonyl (C=O) groups excluding carboxylic acids is 2. The molecule has 2 heterocycles. The Balaban J connectivity index is 1.47. The van der Waals surface area contributed by atoms with Crippen molar-refractivity contribution in [3.63, 3.8) is 0 Å². The zero-order valence-electron chi connectivity index (χ0n) is 14.2. The minimum absolute atomic E-state index is 0.0000936. The molecule has 3 rings (SSSR count). The van der Waals surface area contributed by atoms with Gasteiger partial charge in [-0.15, -0.1) is 16.9 Å². The van der Waals surface area contributed by atoms with E-state index in [-0.39, 0.29) is 23.5 Å². The first-order chi connectivity index (χ1) is 12.6. The lowest BCUT2D eigenvalue weighted by Crippen LogP contribution is -2.45. The lowest BCUT2D eigenvalue weighted by Gasteiger charge is -2.32.